The van der Waals surface area contributed by atoms with Crippen LogP contribution in [0.2, 0.25) is 0 Å². The molecule has 0 saturated carbocycles. The fourth-order valence-electron chi connectivity index (χ4n) is 2.90. The van der Waals surface area contributed by atoms with Gasteiger partial charge in [-0.05, 0) is 0 Å². The Bertz CT molecular complexity index is 607. The Morgan fingerprint density at radius 1 is 1.09 bits per heavy atom. The van der Waals surface area contributed by atoms with Crippen LogP contribution in [-0.2, 0) is 7.67 Å². The third kappa shape index (κ3) is 4.26. The molecule has 1 aliphatic carbocycles. The molecule has 1 unspecified atom stereocenters. The van der Waals surface area contributed by atoms with Gasteiger partial charge < -0.3 is 0 Å². The summed E-state index contributed by atoms with van der Waals surface area (Å²) >= 11 is -4.43. The number of aliphatic hydroxyl groups is 2. The van der Waals surface area contributed by atoms with E-state index in [1.54, 1.807) is 36.4 Å². The molecule has 2 rings (SSSR count). The predicted molar refractivity (Wildman–Crippen MR) is 85.6 cm³/mol. The molecule has 4 nitrogen and oxygen atoms in total. The van der Waals surface area contributed by atoms with Gasteiger partial charge >= 0.3 is 133 Å². The van der Waals surface area contributed by atoms with Crippen LogP contribution in [0.5, 0.6) is 0 Å². The summed E-state index contributed by atoms with van der Waals surface area (Å²) in [5, 5.41) is 19.7. The van der Waals surface area contributed by atoms with Crippen LogP contribution in [-0.4, -0.2) is 35.1 Å². The van der Waals surface area contributed by atoms with E-state index >= 15 is 0 Å². The normalized spacial score (nSPS) is 23.5. The van der Waals surface area contributed by atoms with Crippen molar-refractivity contribution in [3.05, 3.63) is 40.9 Å². The second kappa shape index (κ2) is 7.51. The molecule has 1 aromatic carbocycles. The van der Waals surface area contributed by atoms with Crippen molar-refractivity contribution in [3.8, 4) is 0 Å². The second-order valence-electron chi connectivity index (χ2n) is 5.92. The minimum absolute atomic E-state index is 0.00290. The number of aliphatic hydroxyl groups excluding tert-OH is 1. The standard InChI is InChI=1S/C17H24O4Se/c18-13-7-12-17(19)11-6-2-5-10-16(14-17)22(20,21)15-8-3-1-4-9-15/h1,3-4,8-9,14,18-19H,2,5-7,10-13H2. The molecule has 0 aliphatic heterocycles. The Morgan fingerprint density at radius 3 is 2.50 bits per heavy atom. The van der Waals surface area contributed by atoms with Crippen molar-refractivity contribution in [1.82, 2.24) is 0 Å². The molecule has 1 aromatic rings. The van der Waals surface area contributed by atoms with Gasteiger partial charge in [0.1, 0.15) is 0 Å². The molecule has 1 atom stereocenters. The number of benzene rings is 1. The van der Waals surface area contributed by atoms with Crippen LogP contribution in [0.3, 0.4) is 0 Å². The van der Waals surface area contributed by atoms with Crippen molar-refractivity contribution < 1.29 is 17.9 Å². The van der Waals surface area contributed by atoms with Gasteiger partial charge in [-0.3, -0.25) is 0 Å². The Hall–Kier alpha value is -1.00. The van der Waals surface area contributed by atoms with Gasteiger partial charge in [-0.1, -0.05) is 0 Å². The quantitative estimate of drug-likeness (QED) is 0.778. The van der Waals surface area contributed by atoms with Crippen molar-refractivity contribution in [1.29, 1.82) is 0 Å². The summed E-state index contributed by atoms with van der Waals surface area (Å²) in [7, 11) is 0. The van der Waals surface area contributed by atoms with E-state index in [4.69, 9.17) is 5.11 Å². The number of hydrogen-bond acceptors (Lipinski definition) is 4. The molecule has 122 valence electrons. The van der Waals surface area contributed by atoms with Crippen LogP contribution in [0.15, 0.2) is 40.9 Å². The van der Waals surface area contributed by atoms with E-state index in [9.17, 15) is 12.8 Å². The molecule has 0 amide bonds. The number of rotatable bonds is 5. The molecule has 0 radical (unpaired) electrons. The third-order valence-corrected chi connectivity index (χ3v) is 8.13. The third-order valence-electron chi connectivity index (χ3n) is 4.13. The van der Waals surface area contributed by atoms with Crippen LogP contribution < -0.4 is 4.46 Å². The summed E-state index contributed by atoms with van der Waals surface area (Å²) in [6.45, 7) is 0.00290. The average Bonchev–Trinajstić information content (AvgIpc) is 2.50. The van der Waals surface area contributed by atoms with Gasteiger partial charge in [-0.2, -0.15) is 0 Å². The van der Waals surface area contributed by atoms with E-state index in [-0.39, 0.29) is 6.61 Å². The summed E-state index contributed by atoms with van der Waals surface area (Å²) < 4.78 is 26.4. The zero-order chi connectivity index (χ0) is 16.1. The Kier molecular flexibility index (Phi) is 5.93. The molecule has 0 bridgehead atoms. The first-order chi connectivity index (χ1) is 10.5. The van der Waals surface area contributed by atoms with E-state index in [1.165, 1.54) is 0 Å². The summed E-state index contributed by atoms with van der Waals surface area (Å²) in [6, 6.07) is 8.47. The summed E-state index contributed by atoms with van der Waals surface area (Å²) in [6.07, 6.45) is 6.11. The van der Waals surface area contributed by atoms with Crippen LogP contribution in [0.25, 0.3) is 0 Å². The maximum atomic E-state index is 12.9. The minimum atomic E-state index is -4.43. The van der Waals surface area contributed by atoms with E-state index in [0.717, 1.165) is 19.3 Å². The van der Waals surface area contributed by atoms with Crippen molar-refractivity contribution in [2.75, 3.05) is 6.61 Å². The molecule has 0 saturated heterocycles. The van der Waals surface area contributed by atoms with Gasteiger partial charge in [0.05, 0.1) is 0 Å². The predicted octanol–water partition coefficient (Wildman–Crippen LogP) is 2.13. The molecule has 0 aromatic heterocycles. The van der Waals surface area contributed by atoms with Gasteiger partial charge in [-0.15, -0.1) is 0 Å². The monoisotopic (exact) mass is 372 g/mol. The zero-order valence-corrected chi connectivity index (χ0v) is 14.5. The molecule has 0 heterocycles. The van der Waals surface area contributed by atoms with Crippen molar-refractivity contribution in [2.24, 2.45) is 0 Å². The first-order valence-electron chi connectivity index (χ1n) is 7.83. The van der Waals surface area contributed by atoms with Gasteiger partial charge in [0, 0.05) is 0 Å². The van der Waals surface area contributed by atoms with Gasteiger partial charge in [0.25, 0.3) is 0 Å². The molecule has 22 heavy (non-hydrogen) atoms. The topological polar surface area (TPSA) is 74.6 Å². The van der Waals surface area contributed by atoms with Crippen molar-refractivity contribution in [2.45, 2.75) is 50.5 Å². The molecular formula is C17H24O4Se. The second-order valence-corrected chi connectivity index (χ2v) is 10.1. The summed E-state index contributed by atoms with van der Waals surface area (Å²) in [4.78, 5) is 0. The molecule has 5 heteroatoms. The van der Waals surface area contributed by atoms with Crippen molar-refractivity contribution >= 4 is 17.2 Å². The van der Waals surface area contributed by atoms with E-state index in [2.05, 4.69) is 0 Å². The Morgan fingerprint density at radius 2 is 1.82 bits per heavy atom. The number of hydrogen-bond donors (Lipinski definition) is 2. The van der Waals surface area contributed by atoms with Gasteiger partial charge in [0.15, 0.2) is 0 Å². The summed E-state index contributed by atoms with van der Waals surface area (Å²) in [5.74, 6) is 0. The SMILES string of the molecule is O=[Se](=O)(C1=CC(O)(CCCO)CCCCC1)c1ccccc1. The van der Waals surface area contributed by atoms with E-state index < -0.39 is 18.3 Å². The maximum absolute atomic E-state index is 12.9. The van der Waals surface area contributed by atoms with E-state index in [1.807, 2.05) is 0 Å². The molecule has 1 aliphatic rings. The first kappa shape index (κ1) is 17.4. The zero-order valence-electron chi connectivity index (χ0n) is 12.7. The summed E-state index contributed by atoms with van der Waals surface area (Å²) in [5.41, 5.74) is -1.12. The Labute approximate surface area is 133 Å². The number of allylic oxidation sites excluding steroid dienone is 1. The van der Waals surface area contributed by atoms with Crippen LogP contribution in [0.4, 0.5) is 0 Å². The fraction of sp³-hybridized carbons (Fsp3) is 0.529. The molecule has 0 spiro atoms. The first-order valence-corrected chi connectivity index (χ1v) is 10.9. The van der Waals surface area contributed by atoms with Crippen LogP contribution in [0.1, 0.15) is 44.9 Å². The van der Waals surface area contributed by atoms with Gasteiger partial charge in [0.2, 0.25) is 0 Å². The van der Waals surface area contributed by atoms with Crippen LogP contribution >= 0.6 is 0 Å². The fourth-order valence-corrected chi connectivity index (χ4v) is 6.27. The van der Waals surface area contributed by atoms with Crippen molar-refractivity contribution in [3.63, 3.8) is 0 Å². The van der Waals surface area contributed by atoms with E-state index in [0.29, 0.717) is 34.6 Å². The van der Waals surface area contributed by atoms with Gasteiger partial charge in [-0.25, -0.2) is 0 Å². The molecule has 0 fully saturated rings. The van der Waals surface area contributed by atoms with Crippen LogP contribution in [0, 0.1) is 0 Å². The Balaban J connectivity index is 2.38. The molecular weight excluding hydrogens is 347 g/mol. The average molecular weight is 371 g/mol. The molecule has 2 N–H and O–H groups in total.